The van der Waals surface area contributed by atoms with Crippen molar-refractivity contribution >= 4 is 5.95 Å². The lowest BCUT2D eigenvalue weighted by Gasteiger charge is -2.20. The molecule has 1 saturated heterocycles. The van der Waals surface area contributed by atoms with Crippen molar-refractivity contribution in [3.8, 4) is 0 Å². The van der Waals surface area contributed by atoms with Crippen LogP contribution in [-0.4, -0.2) is 29.2 Å². The molecule has 1 fully saturated rings. The molecule has 4 nitrogen and oxygen atoms in total. The van der Waals surface area contributed by atoms with Gasteiger partial charge in [0.2, 0.25) is 5.95 Å². The number of nitrogens with zero attached hydrogens (tertiary/aromatic N) is 3. The van der Waals surface area contributed by atoms with Gasteiger partial charge < -0.3 is 15.2 Å². The van der Waals surface area contributed by atoms with Crippen molar-refractivity contribution < 1.29 is 0 Å². The van der Waals surface area contributed by atoms with Crippen LogP contribution in [0.15, 0.2) is 6.20 Å². The molecule has 16 heavy (non-hydrogen) atoms. The van der Waals surface area contributed by atoms with Gasteiger partial charge in [0.05, 0.1) is 5.69 Å². The maximum Gasteiger partial charge on any atom is 0.205 e. The number of nitrogens with two attached hydrogens (primary N) is 1. The number of hydrogen-bond acceptors (Lipinski definition) is 3. The van der Waals surface area contributed by atoms with Crippen molar-refractivity contribution in [2.45, 2.75) is 33.2 Å². The monoisotopic (exact) mass is 222 g/mol. The molecule has 0 bridgehead atoms. The first-order valence-electron chi connectivity index (χ1n) is 6.12. The van der Waals surface area contributed by atoms with E-state index in [0.717, 1.165) is 31.3 Å². The van der Waals surface area contributed by atoms with Crippen LogP contribution in [0.4, 0.5) is 5.95 Å². The molecule has 0 saturated carbocycles. The third kappa shape index (κ3) is 2.07. The Labute approximate surface area is 97.4 Å². The van der Waals surface area contributed by atoms with Crippen molar-refractivity contribution in [2.24, 2.45) is 11.7 Å². The molecular formula is C12H22N4. The Morgan fingerprint density at radius 2 is 2.31 bits per heavy atom. The quantitative estimate of drug-likeness (QED) is 0.844. The summed E-state index contributed by atoms with van der Waals surface area (Å²) in [5.74, 6) is 1.75. The van der Waals surface area contributed by atoms with Crippen molar-refractivity contribution in [3.05, 3.63) is 11.9 Å². The first kappa shape index (κ1) is 11.5. The van der Waals surface area contributed by atoms with Crippen molar-refractivity contribution in [3.63, 3.8) is 0 Å². The van der Waals surface area contributed by atoms with E-state index in [0.29, 0.717) is 12.0 Å². The lowest BCUT2D eigenvalue weighted by atomic mass is 10.1. The third-order valence-corrected chi connectivity index (χ3v) is 3.29. The van der Waals surface area contributed by atoms with Crippen LogP contribution in [0.5, 0.6) is 0 Å². The Bertz CT molecular complexity index is 356. The van der Waals surface area contributed by atoms with Crippen molar-refractivity contribution in [1.82, 2.24) is 9.55 Å². The number of aromatic nitrogens is 2. The van der Waals surface area contributed by atoms with Gasteiger partial charge in [0, 0.05) is 25.3 Å². The summed E-state index contributed by atoms with van der Waals surface area (Å²) < 4.78 is 2.26. The highest BCUT2D eigenvalue weighted by molar-refractivity contribution is 5.35. The van der Waals surface area contributed by atoms with Gasteiger partial charge in [0.1, 0.15) is 0 Å². The summed E-state index contributed by atoms with van der Waals surface area (Å²) in [6.45, 7) is 9.38. The first-order valence-corrected chi connectivity index (χ1v) is 6.12. The molecule has 0 radical (unpaired) electrons. The molecule has 0 spiro atoms. The highest BCUT2D eigenvalue weighted by Gasteiger charge is 2.25. The molecule has 1 aliphatic heterocycles. The van der Waals surface area contributed by atoms with Crippen LogP contribution in [-0.2, 0) is 0 Å². The standard InChI is InChI=1S/C12H22N4/c1-9(2)16-7-10(3)14-12(16)15-5-4-11(6-13)8-15/h7,9,11H,4-6,8,13H2,1-3H3. The minimum atomic E-state index is 0.466. The Kier molecular flexibility index (Phi) is 3.19. The predicted molar refractivity (Wildman–Crippen MR) is 66.7 cm³/mol. The number of anilines is 1. The molecule has 90 valence electrons. The fraction of sp³-hybridized carbons (Fsp3) is 0.750. The normalized spacial score (nSPS) is 21.1. The topological polar surface area (TPSA) is 47.1 Å². The van der Waals surface area contributed by atoms with Crippen LogP contribution in [0.2, 0.25) is 0 Å². The van der Waals surface area contributed by atoms with E-state index < -0.39 is 0 Å². The summed E-state index contributed by atoms with van der Waals surface area (Å²) in [4.78, 5) is 7.00. The Morgan fingerprint density at radius 1 is 1.56 bits per heavy atom. The van der Waals surface area contributed by atoms with Gasteiger partial charge in [-0.3, -0.25) is 0 Å². The second-order valence-corrected chi connectivity index (χ2v) is 5.02. The molecule has 1 atom stereocenters. The van der Waals surface area contributed by atoms with Crippen LogP contribution in [0, 0.1) is 12.8 Å². The fourth-order valence-electron chi connectivity index (χ4n) is 2.32. The molecule has 0 amide bonds. The third-order valence-electron chi connectivity index (χ3n) is 3.29. The van der Waals surface area contributed by atoms with Gasteiger partial charge in [-0.1, -0.05) is 0 Å². The number of imidazole rings is 1. The maximum absolute atomic E-state index is 5.72. The molecule has 1 aromatic heterocycles. The van der Waals surface area contributed by atoms with E-state index in [1.165, 1.54) is 6.42 Å². The van der Waals surface area contributed by atoms with Crippen molar-refractivity contribution in [2.75, 3.05) is 24.5 Å². The van der Waals surface area contributed by atoms with Gasteiger partial charge in [0.15, 0.2) is 0 Å². The van der Waals surface area contributed by atoms with Crippen molar-refractivity contribution in [1.29, 1.82) is 0 Å². The molecule has 1 aromatic rings. The molecular weight excluding hydrogens is 200 g/mol. The average molecular weight is 222 g/mol. The molecule has 2 N–H and O–H groups in total. The smallest absolute Gasteiger partial charge is 0.205 e. The molecule has 0 aliphatic carbocycles. The van der Waals surface area contributed by atoms with E-state index in [9.17, 15) is 0 Å². The Balaban J connectivity index is 2.20. The lowest BCUT2D eigenvalue weighted by molar-refractivity contribution is 0.581. The van der Waals surface area contributed by atoms with E-state index in [1.54, 1.807) is 0 Å². The van der Waals surface area contributed by atoms with Crippen LogP contribution < -0.4 is 10.6 Å². The molecule has 1 unspecified atom stereocenters. The van der Waals surface area contributed by atoms with Crippen LogP contribution in [0.1, 0.15) is 32.0 Å². The molecule has 2 rings (SSSR count). The van der Waals surface area contributed by atoms with Gasteiger partial charge in [-0.2, -0.15) is 0 Å². The zero-order chi connectivity index (χ0) is 11.7. The second-order valence-electron chi connectivity index (χ2n) is 5.02. The van der Waals surface area contributed by atoms with E-state index >= 15 is 0 Å². The molecule has 1 aliphatic rings. The number of rotatable bonds is 3. The highest BCUT2D eigenvalue weighted by Crippen LogP contribution is 2.25. The van der Waals surface area contributed by atoms with Crippen LogP contribution in [0.25, 0.3) is 0 Å². The average Bonchev–Trinajstić information content (AvgIpc) is 2.82. The van der Waals surface area contributed by atoms with E-state index in [2.05, 4.69) is 41.4 Å². The molecule has 4 heteroatoms. The number of hydrogen-bond donors (Lipinski definition) is 1. The SMILES string of the molecule is Cc1cn(C(C)C)c(N2CCC(CN)C2)n1. The summed E-state index contributed by atoms with van der Waals surface area (Å²) in [7, 11) is 0. The van der Waals surface area contributed by atoms with Crippen LogP contribution >= 0.6 is 0 Å². The summed E-state index contributed by atoms with van der Waals surface area (Å²) in [6.07, 6.45) is 3.33. The summed E-state index contributed by atoms with van der Waals surface area (Å²) >= 11 is 0. The van der Waals surface area contributed by atoms with Gasteiger partial charge in [-0.15, -0.1) is 0 Å². The molecule has 2 heterocycles. The van der Waals surface area contributed by atoms with Gasteiger partial charge in [-0.05, 0) is 39.7 Å². The van der Waals surface area contributed by atoms with Gasteiger partial charge in [-0.25, -0.2) is 4.98 Å². The summed E-state index contributed by atoms with van der Waals surface area (Å²) in [5, 5.41) is 0. The summed E-state index contributed by atoms with van der Waals surface area (Å²) in [5.41, 5.74) is 6.82. The maximum atomic E-state index is 5.72. The van der Waals surface area contributed by atoms with E-state index in [4.69, 9.17) is 5.73 Å². The van der Waals surface area contributed by atoms with Gasteiger partial charge >= 0.3 is 0 Å². The largest absolute Gasteiger partial charge is 0.342 e. The van der Waals surface area contributed by atoms with E-state index in [-0.39, 0.29) is 0 Å². The zero-order valence-corrected chi connectivity index (χ0v) is 10.5. The zero-order valence-electron chi connectivity index (χ0n) is 10.5. The van der Waals surface area contributed by atoms with Crippen LogP contribution in [0.3, 0.4) is 0 Å². The lowest BCUT2D eigenvalue weighted by Crippen LogP contribution is -2.25. The minimum Gasteiger partial charge on any atom is -0.342 e. The fourth-order valence-corrected chi connectivity index (χ4v) is 2.32. The minimum absolute atomic E-state index is 0.466. The highest BCUT2D eigenvalue weighted by atomic mass is 15.3. The van der Waals surface area contributed by atoms with Gasteiger partial charge in [0.25, 0.3) is 0 Å². The second kappa shape index (κ2) is 4.45. The van der Waals surface area contributed by atoms with E-state index in [1.807, 2.05) is 0 Å². The Hall–Kier alpha value is -1.03. The molecule has 0 aromatic carbocycles. The predicted octanol–water partition coefficient (Wildman–Crippen LogP) is 1.56. The Morgan fingerprint density at radius 3 is 2.88 bits per heavy atom. The summed E-state index contributed by atoms with van der Waals surface area (Å²) in [6, 6.07) is 0.466. The number of aryl methyl sites for hydroxylation is 1. The first-order chi connectivity index (χ1) is 7.61.